The van der Waals surface area contributed by atoms with Crippen molar-refractivity contribution >= 4 is 22.9 Å². The number of hydrazine groups is 1. The Morgan fingerprint density at radius 1 is 1.17 bits per heavy atom. The highest BCUT2D eigenvalue weighted by Gasteiger charge is 2.20. The Morgan fingerprint density at radius 3 is 2.69 bits per heavy atom. The fourth-order valence-corrected chi connectivity index (χ4v) is 3.03. The SMILES string of the molecule is Cc1cc(C)n(CC(=O)NNC(=O)c2cc(-c3ccco3)nc3onc(C)c23)n1. The van der Waals surface area contributed by atoms with Crippen molar-refractivity contribution in [1.29, 1.82) is 0 Å². The van der Waals surface area contributed by atoms with Crippen LogP contribution in [0.5, 0.6) is 0 Å². The number of pyridine rings is 1. The number of aryl methyl sites for hydroxylation is 3. The minimum Gasteiger partial charge on any atom is -0.463 e. The molecule has 148 valence electrons. The van der Waals surface area contributed by atoms with Crippen molar-refractivity contribution < 1.29 is 18.5 Å². The molecule has 0 unspecified atom stereocenters. The van der Waals surface area contributed by atoms with Gasteiger partial charge in [-0.3, -0.25) is 25.1 Å². The number of rotatable bonds is 4. The minimum atomic E-state index is -0.529. The van der Waals surface area contributed by atoms with E-state index in [2.05, 4.69) is 26.1 Å². The number of carbonyl (C=O) groups is 2. The molecule has 10 heteroatoms. The van der Waals surface area contributed by atoms with Crippen molar-refractivity contribution in [2.45, 2.75) is 27.3 Å². The predicted molar refractivity (Wildman–Crippen MR) is 102 cm³/mol. The zero-order chi connectivity index (χ0) is 20.5. The molecule has 10 nitrogen and oxygen atoms in total. The maximum Gasteiger partial charge on any atom is 0.270 e. The van der Waals surface area contributed by atoms with E-state index in [1.807, 2.05) is 19.9 Å². The highest BCUT2D eigenvalue weighted by Crippen LogP contribution is 2.27. The van der Waals surface area contributed by atoms with Crippen molar-refractivity contribution in [3.05, 3.63) is 53.2 Å². The second-order valence-electron chi connectivity index (χ2n) is 6.57. The molecule has 0 saturated heterocycles. The number of aromatic nitrogens is 4. The van der Waals surface area contributed by atoms with Crippen LogP contribution in [0.2, 0.25) is 0 Å². The third kappa shape index (κ3) is 3.59. The molecule has 4 aromatic heterocycles. The molecule has 2 N–H and O–H groups in total. The van der Waals surface area contributed by atoms with E-state index in [0.717, 1.165) is 11.4 Å². The molecule has 0 spiro atoms. The van der Waals surface area contributed by atoms with Crippen molar-refractivity contribution in [2.24, 2.45) is 0 Å². The number of furan rings is 1. The number of nitrogens with one attached hydrogen (secondary N) is 2. The van der Waals surface area contributed by atoms with Gasteiger partial charge in [-0.1, -0.05) is 5.16 Å². The van der Waals surface area contributed by atoms with Crippen LogP contribution in [-0.2, 0) is 11.3 Å². The van der Waals surface area contributed by atoms with Gasteiger partial charge in [-0.25, -0.2) is 4.98 Å². The summed E-state index contributed by atoms with van der Waals surface area (Å²) in [7, 11) is 0. The van der Waals surface area contributed by atoms with Gasteiger partial charge in [0, 0.05) is 5.69 Å². The van der Waals surface area contributed by atoms with E-state index >= 15 is 0 Å². The first kappa shape index (κ1) is 18.4. The summed E-state index contributed by atoms with van der Waals surface area (Å²) in [6.45, 7) is 5.38. The first-order valence-electron chi connectivity index (χ1n) is 8.83. The van der Waals surface area contributed by atoms with Gasteiger partial charge in [0.15, 0.2) is 5.76 Å². The van der Waals surface area contributed by atoms with Crippen molar-refractivity contribution in [3.63, 3.8) is 0 Å². The fraction of sp³-hybridized carbons (Fsp3) is 0.211. The monoisotopic (exact) mass is 394 g/mol. The first-order valence-corrected chi connectivity index (χ1v) is 8.83. The topological polar surface area (TPSA) is 128 Å². The molecule has 0 aliphatic rings. The number of fused-ring (bicyclic) bond motifs is 1. The molecule has 0 aliphatic heterocycles. The highest BCUT2D eigenvalue weighted by atomic mass is 16.5. The van der Waals surface area contributed by atoms with Gasteiger partial charge in [0.1, 0.15) is 12.2 Å². The molecule has 2 amide bonds. The van der Waals surface area contributed by atoms with Gasteiger partial charge in [-0.15, -0.1) is 0 Å². The standard InChI is InChI=1S/C19H18N6O4/c1-10-7-11(2)25(23-10)9-16(26)21-22-18(27)13-8-14(15-5-4-6-28-15)20-19-17(13)12(3)24-29-19/h4-8H,9H2,1-3H3,(H,21,26)(H,22,27). The molecule has 0 aromatic carbocycles. The average molecular weight is 394 g/mol. The quantitative estimate of drug-likeness (QED) is 0.507. The number of amides is 2. The molecular weight excluding hydrogens is 376 g/mol. The van der Waals surface area contributed by atoms with E-state index in [4.69, 9.17) is 8.94 Å². The molecule has 0 aliphatic carbocycles. The Hall–Kier alpha value is -3.95. The van der Waals surface area contributed by atoms with Crippen LogP contribution in [0.1, 0.15) is 27.4 Å². The minimum absolute atomic E-state index is 0.0182. The summed E-state index contributed by atoms with van der Waals surface area (Å²) in [5.41, 5.74) is 7.87. The summed E-state index contributed by atoms with van der Waals surface area (Å²) >= 11 is 0. The first-order chi connectivity index (χ1) is 13.9. The number of carbonyl (C=O) groups excluding carboxylic acids is 2. The Morgan fingerprint density at radius 2 is 2.00 bits per heavy atom. The molecule has 0 saturated carbocycles. The lowest BCUT2D eigenvalue weighted by Gasteiger charge is -2.09. The van der Waals surface area contributed by atoms with Crippen LogP contribution < -0.4 is 10.9 Å². The van der Waals surface area contributed by atoms with Crippen LogP contribution in [0, 0.1) is 20.8 Å². The van der Waals surface area contributed by atoms with Gasteiger partial charge in [-0.2, -0.15) is 5.10 Å². The fourth-order valence-electron chi connectivity index (χ4n) is 3.03. The summed E-state index contributed by atoms with van der Waals surface area (Å²) in [5, 5.41) is 8.57. The van der Waals surface area contributed by atoms with Crippen LogP contribution in [0.15, 0.2) is 39.5 Å². The summed E-state index contributed by atoms with van der Waals surface area (Å²) in [5.74, 6) is -0.468. The van der Waals surface area contributed by atoms with E-state index in [1.54, 1.807) is 29.8 Å². The third-order valence-corrected chi connectivity index (χ3v) is 4.35. The van der Waals surface area contributed by atoms with Gasteiger partial charge < -0.3 is 8.94 Å². The van der Waals surface area contributed by atoms with Gasteiger partial charge in [-0.05, 0) is 45.0 Å². The van der Waals surface area contributed by atoms with Crippen LogP contribution in [0.25, 0.3) is 22.6 Å². The Labute approximate surface area is 164 Å². The van der Waals surface area contributed by atoms with E-state index in [1.165, 1.54) is 6.26 Å². The zero-order valence-electron chi connectivity index (χ0n) is 16.0. The van der Waals surface area contributed by atoms with E-state index < -0.39 is 11.8 Å². The molecule has 0 fully saturated rings. The van der Waals surface area contributed by atoms with Gasteiger partial charge >= 0.3 is 0 Å². The summed E-state index contributed by atoms with van der Waals surface area (Å²) in [4.78, 5) is 29.3. The van der Waals surface area contributed by atoms with Gasteiger partial charge in [0.25, 0.3) is 17.5 Å². The Bertz CT molecular complexity index is 1210. The van der Waals surface area contributed by atoms with E-state index in [0.29, 0.717) is 22.5 Å². The number of hydrogen-bond donors (Lipinski definition) is 2. The Kier molecular flexibility index (Phi) is 4.59. The molecule has 0 atom stereocenters. The maximum absolute atomic E-state index is 12.8. The maximum atomic E-state index is 12.8. The average Bonchev–Trinajstić information content (AvgIpc) is 3.41. The number of hydrogen-bond acceptors (Lipinski definition) is 7. The Balaban J connectivity index is 1.55. The zero-order valence-corrected chi connectivity index (χ0v) is 16.0. The summed E-state index contributed by atoms with van der Waals surface area (Å²) in [6.07, 6.45) is 1.51. The lowest BCUT2D eigenvalue weighted by atomic mass is 10.1. The summed E-state index contributed by atoms with van der Waals surface area (Å²) < 4.78 is 12.1. The van der Waals surface area contributed by atoms with Crippen LogP contribution >= 0.6 is 0 Å². The normalized spacial score (nSPS) is 11.0. The van der Waals surface area contributed by atoms with Crippen LogP contribution in [0.4, 0.5) is 0 Å². The number of nitrogens with zero attached hydrogens (tertiary/aromatic N) is 4. The van der Waals surface area contributed by atoms with Crippen molar-refractivity contribution in [3.8, 4) is 11.5 Å². The lowest BCUT2D eigenvalue weighted by molar-refractivity contribution is -0.122. The van der Waals surface area contributed by atoms with Crippen molar-refractivity contribution in [1.82, 2.24) is 30.8 Å². The molecule has 29 heavy (non-hydrogen) atoms. The van der Waals surface area contributed by atoms with E-state index in [9.17, 15) is 9.59 Å². The van der Waals surface area contributed by atoms with Crippen LogP contribution in [0.3, 0.4) is 0 Å². The predicted octanol–water partition coefficient (Wildman–Crippen LogP) is 2.07. The molecule has 0 bridgehead atoms. The molecule has 4 aromatic rings. The molecule has 0 radical (unpaired) electrons. The highest BCUT2D eigenvalue weighted by molar-refractivity contribution is 6.07. The smallest absolute Gasteiger partial charge is 0.270 e. The third-order valence-electron chi connectivity index (χ3n) is 4.35. The second-order valence-corrected chi connectivity index (χ2v) is 6.57. The van der Waals surface area contributed by atoms with Crippen molar-refractivity contribution in [2.75, 3.05) is 0 Å². The molecule has 4 rings (SSSR count). The molecular formula is C19H18N6O4. The molecule has 4 heterocycles. The summed E-state index contributed by atoms with van der Waals surface area (Å²) in [6, 6.07) is 6.86. The second kappa shape index (κ2) is 7.23. The largest absolute Gasteiger partial charge is 0.463 e. The van der Waals surface area contributed by atoms with Crippen LogP contribution in [-0.4, -0.2) is 31.7 Å². The lowest BCUT2D eigenvalue weighted by Crippen LogP contribution is -2.43. The van der Waals surface area contributed by atoms with E-state index in [-0.39, 0.29) is 17.8 Å². The van der Waals surface area contributed by atoms with Gasteiger partial charge in [0.2, 0.25) is 0 Å². The van der Waals surface area contributed by atoms with Gasteiger partial charge in [0.05, 0.1) is 28.6 Å².